The van der Waals surface area contributed by atoms with E-state index in [0.29, 0.717) is 17.3 Å². The first-order valence-electron chi connectivity index (χ1n) is 5.62. The zero-order valence-corrected chi connectivity index (χ0v) is 11.3. The average Bonchev–Trinajstić information content (AvgIpc) is 2.89. The first-order chi connectivity index (χ1) is 9.24. The van der Waals surface area contributed by atoms with Crippen molar-refractivity contribution in [2.45, 2.75) is 0 Å². The third-order valence-electron chi connectivity index (χ3n) is 2.63. The maximum Gasteiger partial charge on any atom is 0.258 e. The van der Waals surface area contributed by atoms with Crippen molar-refractivity contribution < 1.29 is 9.63 Å². The zero-order chi connectivity index (χ0) is 13.2. The minimum absolute atomic E-state index is 0.165. The highest BCUT2D eigenvalue weighted by atomic mass is 79.9. The van der Waals surface area contributed by atoms with Gasteiger partial charge in [-0.25, -0.2) is 0 Å². The maximum atomic E-state index is 9.44. The summed E-state index contributed by atoms with van der Waals surface area (Å²) in [6.07, 6.45) is 0. The molecule has 0 bridgehead atoms. The summed E-state index contributed by atoms with van der Waals surface area (Å²) in [5, 5.41) is 13.4. The summed E-state index contributed by atoms with van der Waals surface area (Å²) in [7, 11) is 0. The predicted octanol–water partition coefficient (Wildman–Crippen LogP) is 3.87. The van der Waals surface area contributed by atoms with E-state index >= 15 is 0 Å². The van der Waals surface area contributed by atoms with Crippen molar-refractivity contribution in [2.75, 3.05) is 0 Å². The Hall–Kier alpha value is -2.14. The van der Waals surface area contributed by atoms with Gasteiger partial charge in [0.2, 0.25) is 5.82 Å². The number of phenolic OH excluding ortho intramolecular Hbond substituents is 1. The van der Waals surface area contributed by atoms with E-state index in [2.05, 4.69) is 26.1 Å². The largest absolute Gasteiger partial charge is 0.508 e. The molecule has 0 saturated carbocycles. The first kappa shape index (κ1) is 11.9. The van der Waals surface area contributed by atoms with E-state index in [-0.39, 0.29) is 5.75 Å². The lowest BCUT2D eigenvalue weighted by atomic mass is 10.2. The number of phenols is 1. The van der Waals surface area contributed by atoms with Crippen LogP contribution in [0.3, 0.4) is 0 Å². The summed E-state index contributed by atoms with van der Waals surface area (Å²) in [6, 6.07) is 14.4. The number of aromatic nitrogens is 2. The van der Waals surface area contributed by atoms with Crippen LogP contribution in [0.25, 0.3) is 22.8 Å². The highest BCUT2D eigenvalue weighted by Crippen LogP contribution is 2.28. The van der Waals surface area contributed by atoms with Gasteiger partial charge < -0.3 is 9.63 Å². The van der Waals surface area contributed by atoms with Crippen molar-refractivity contribution in [1.82, 2.24) is 10.1 Å². The number of benzene rings is 2. The molecule has 1 N–H and O–H groups in total. The molecule has 0 saturated heterocycles. The lowest BCUT2D eigenvalue weighted by Gasteiger charge is -1.96. The van der Waals surface area contributed by atoms with Crippen molar-refractivity contribution in [3.8, 4) is 28.6 Å². The van der Waals surface area contributed by atoms with Crippen molar-refractivity contribution >= 4 is 15.9 Å². The van der Waals surface area contributed by atoms with E-state index in [0.717, 1.165) is 10.0 Å². The van der Waals surface area contributed by atoms with Gasteiger partial charge in [0.1, 0.15) is 5.75 Å². The molecule has 3 rings (SSSR count). The van der Waals surface area contributed by atoms with E-state index < -0.39 is 0 Å². The van der Waals surface area contributed by atoms with Gasteiger partial charge in [0, 0.05) is 15.6 Å². The Balaban J connectivity index is 2.03. The Morgan fingerprint density at radius 2 is 1.89 bits per heavy atom. The van der Waals surface area contributed by atoms with Gasteiger partial charge >= 0.3 is 0 Å². The summed E-state index contributed by atoms with van der Waals surface area (Å²) in [5.41, 5.74) is 1.54. The van der Waals surface area contributed by atoms with Gasteiger partial charge in [-0.3, -0.25) is 0 Å². The average molecular weight is 317 g/mol. The molecular formula is C14H9BrN2O2. The van der Waals surface area contributed by atoms with Crippen LogP contribution in [-0.2, 0) is 0 Å². The van der Waals surface area contributed by atoms with Crippen LogP contribution >= 0.6 is 15.9 Å². The molecule has 0 fully saturated rings. The second kappa shape index (κ2) is 4.85. The molecule has 0 radical (unpaired) electrons. The maximum absolute atomic E-state index is 9.44. The van der Waals surface area contributed by atoms with E-state index in [1.807, 2.05) is 24.3 Å². The topological polar surface area (TPSA) is 59.2 Å². The molecule has 19 heavy (non-hydrogen) atoms. The Kier molecular flexibility index (Phi) is 3.05. The van der Waals surface area contributed by atoms with Gasteiger partial charge in [-0.05, 0) is 30.3 Å². The van der Waals surface area contributed by atoms with Crippen LogP contribution in [0, 0.1) is 0 Å². The summed E-state index contributed by atoms with van der Waals surface area (Å²) >= 11 is 3.45. The van der Waals surface area contributed by atoms with E-state index in [1.54, 1.807) is 24.3 Å². The normalized spacial score (nSPS) is 10.6. The van der Waals surface area contributed by atoms with Crippen LogP contribution in [0.15, 0.2) is 57.5 Å². The predicted molar refractivity (Wildman–Crippen MR) is 74.5 cm³/mol. The summed E-state index contributed by atoms with van der Waals surface area (Å²) in [6.45, 7) is 0. The van der Waals surface area contributed by atoms with Crippen LogP contribution in [0.4, 0.5) is 0 Å². The van der Waals surface area contributed by atoms with Crippen molar-refractivity contribution in [2.24, 2.45) is 0 Å². The van der Waals surface area contributed by atoms with E-state index in [1.165, 1.54) is 0 Å². The summed E-state index contributed by atoms with van der Waals surface area (Å²) < 4.78 is 6.12. The number of aromatic hydroxyl groups is 1. The fourth-order valence-corrected chi connectivity index (χ4v) is 2.19. The van der Waals surface area contributed by atoms with Crippen LogP contribution in [0.5, 0.6) is 5.75 Å². The van der Waals surface area contributed by atoms with Gasteiger partial charge in [-0.1, -0.05) is 39.3 Å². The molecule has 0 amide bonds. The third-order valence-corrected chi connectivity index (χ3v) is 3.33. The van der Waals surface area contributed by atoms with Gasteiger partial charge in [0.05, 0.1) is 0 Å². The highest BCUT2D eigenvalue weighted by molar-refractivity contribution is 9.10. The van der Waals surface area contributed by atoms with Gasteiger partial charge in [0.15, 0.2) is 0 Å². The molecule has 2 aromatic carbocycles. The molecule has 0 spiro atoms. The zero-order valence-electron chi connectivity index (χ0n) is 9.75. The molecule has 0 aliphatic rings. The summed E-state index contributed by atoms with van der Waals surface area (Å²) in [4.78, 5) is 4.33. The number of halogens is 1. The van der Waals surface area contributed by atoms with E-state index in [4.69, 9.17) is 4.52 Å². The number of hydrogen-bond acceptors (Lipinski definition) is 4. The Morgan fingerprint density at radius 3 is 2.68 bits per heavy atom. The third kappa shape index (κ3) is 2.37. The fourth-order valence-electron chi connectivity index (χ4n) is 1.73. The SMILES string of the molecule is Oc1cccc(-c2nc(-c3ccccc3Br)no2)c1. The first-order valence-corrected chi connectivity index (χ1v) is 6.41. The van der Waals surface area contributed by atoms with Gasteiger partial charge in [-0.15, -0.1) is 0 Å². The molecule has 1 aromatic heterocycles. The molecule has 94 valence electrons. The molecule has 5 heteroatoms. The smallest absolute Gasteiger partial charge is 0.258 e. The van der Waals surface area contributed by atoms with Crippen molar-refractivity contribution in [3.63, 3.8) is 0 Å². The molecule has 1 heterocycles. The van der Waals surface area contributed by atoms with Crippen LogP contribution in [0.1, 0.15) is 0 Å². The lowest BCUT2D eigenvalue weighted by Crippen LogP contribution is -1.82. The molecule has 0 aliphatic carbocycles. The second-order valence-corrected chi connectivity index (χ2v) is 4.81. The molecule has 0 aliphatic heterocycles. The van der Waals surface area contributed by atoms with Crippen LogP contribution in [-0.4, -0.2) is 15.2 Å². The lowest BCUT2D eigenvalue weighted by molar-refractivity contribution is 0.431. The quantitative estimate of drug-likeness (QED) is 0.779. The molecule has 4 nitrogen and oxygen atoms in total. The minimum Gasteiger partial charge on any atom is -0.508 e. The monoisotopic (exact) mass is 316 g/mol. The minimum atomic E-state index is 0.165. The van der Waals surface area contributed by atoms with E-state index in [9.17, 15) is 5.11 Å². The number of nitrogens with zero attached hydrogens (tertiary/aromatic N) is 2. The molecule has 0 atom stereocenters. The highest BCUT2D eigenvalue weighted by Gasteiger charge is 2.12. The van der Waals surface area contributed by atoms with Crippen molar-refractivity contribution in [1.29, 1.82) is 0 Å². The summed E-state index contributed by atoms with van der Waals surface area (Å²) in [5.74, 6) is 1.05. The Labute approximate surface area is 117 Å². The van der Waals surface area contributed by atoms with Gasteiger partial charge in [0.25, 0.3) is 5.89 Å². The number of hydrogen-bond donors (Lipinski definition) is 1. The number of rotatable bonds is 2. The van der Waals surface area contributed by atoms with Gasteiger partial charge in [-0.2, -0.15) is 4.98 Å². The molecular weight excluding hydrogens is 308 g/mol. The van der Waals surface area contributed by atoms with Crippen LogP contribution in [0.2, 0.25) is 0 Å². The fraction of sp³-hybridized carbons (Fsp3) is 0. The second-order valence-electron chi connectivity index (χ2n) is 3.95. The standard InChI is InChI=1S/C14H9BrN2O2/c15-12-7-2-1-6-11(12)13-16-14(19-17-13)9-4-3-5-10(18)8-9/h1-8,18H. The molecule has 3 aromatic rings. The Bertz CT molecular complexity index is 725. The Morgan fingerprint density at radius 1 is 1.05 bits per heavy atom. The van der Waals surface area contributed by atoms with Crippen molar-refractivity contribution in [3.05, 3.63) is 53.0 Å². The van der Waals surface area contributed by atoms with Crippen LogP contribution < -0.4 is 0 Å². The molecule has 0 unspecified atom stereocenters.